The summed E-state index contributed by atoms with van der Waals surface area (Å²) in [5.74, 6) is -0.403. The van der Waals surface area contributed by atoms with Gasteiger partial charge in [-0.3, -0.25) is 14.9 Å². The molecule has 1 amide bonds. The molecule has 0 aliphatic rings. The summed E-state index contributed by atoms with van der Waals surface area (Å²) in [6.45, 7) is 0. The first kappa shape index (κ1) is 19.8. The molecule has 1 aromatic heterocycles. The Morgan fingerprint density at radius 2 is 1.70 bits per heavy atom. The number of rotatable bonds is 4. The summed E-state index contributed by atoms with van der Waals surface area (Å²) in [6.07, 6.45) is 0. The number of nitro groups is 1. The fourth-order valence-corrected chi connectivity index (χ4v) is 3.39. The summed E-state index contributed by atoms with van der Waals surface area (Å²) >= 11 is 12.1. The molecule has 0 bridgehead atoms. The van der Waals surface area contributed by atoms with Crippen LogP contribution in [0.25, 0.3) is 22.2 Å². The van der Waals surface area contributed by atoms with E-state index in [9.17, 15) is 14.9 Å². The van der Waals surface area contributed by atoms with Crippen LogP contribution >= 0.6 is 23.2 Å². The van der Waals surface area contributed by atoms with Crippen LogP contribution in [0.5, 0.6) is 0 Å². The number of halogens is 2. The summed E-state index contributed by atoms with van der Waals surface area (Å²) < 4.78 is 0. The fraction of sp³-hybridized carbons (Fsp3) is 0. The predicted octanol–water partition coefficient (Wildman–Crippen LogP) is 6.37. The molecule has 3 aromatic carbocycles. The van der Waals surface area contributed by atoms with E-state index in [4.69, 9.17) is 23.2 Å². The molecule has 0 radical (unpaired) electrons. The van der Waals surface area contributed by atoms with E-state index in [1.54, 1.807) is 24.3 Å². The number of carbonyl (C=O) groups is 1. The number of nitro benzene ring substituents is 1. The largest absolute Gasteiger partial charge is 0.321 e. The second-order valence-electron chi connectivity index (χ2n) is 6.45. The van der Waals surface area contributed by atoms with Crippen molar-refractivity contribution >= 4 is 51.4 Å². The number of nitrogens with one attached hydrogen (secondary N) is 1. The first-order chi connectivity index (χ1) is 14.4. The SMILES string of the molecule is O=C(Nc1ccc([N+](=O)[O-])cc1Cl)c1cc(-c2ccc(Cl)cc2)nc2ccccc12. The Balaban J connectivity index is 1.76. The Bertz CT molecular complexity index is 1290. The Morgan fingerprint density at radius 1 is 0.967 bits per heavy atom. The molecule has 0 fully saturated rings. The number of pyridine rings is 1. The van der Waals surface area contributed by atoms with Crippen LogP contribution in [0, 0.1) is 10.1 Å². The van der Waals surface area contributed by atoms with Crippen LogP contribution in [0.4, 0.5) is 11.4 Å². The number of hydrogen-bond acceptors (Lipinski definition) is 4. The van der Waals surface area contributed by atoms with Crippen LogP contribution in [0.15, 0.2) is 72.8 Å². The number of amides is 1. The topological polar surface area (TPSA) is 85.1 Å². The van der Waals surface area contributed by atoms with Gasteiger partial charge in [0.1, 0.15) is 0 Å². The van der Waals surface area contributed by atoms with Crippen molar-refractivity contribution in [1.82, 2.24) is 4.98 Å². The molecular formula is C22H13Cl2N3O3. The molecule has 30 heavy (non-hydrogen) atoms. The molecule has 0 unspecified atom stereocenters. The van der Waals surface area contributed by atoms with E-state index in [0.717, 1.165) is 5.56 Å². The highest BCUT2D eigenvalue weighted by molar-refractivity contribution is 6.34. The zero-order valence-electron chi connectivity index (χ0n) is 15.3. The first-order valence-corrected chi connectivity index (χ1v) is 9.59. The maximum Gasteiger partial charge on any atom is 0.271 e. The lowest BCUT2D eigenvalue weighted by molar-refractivity contribution is -0.384. The monoisotopic (exact) mass is 437 g/mol. The van der Waals surface area contributed by atoms with Crippen molar-refractivity contribution in [1.29, 1.82) is 0 Å². The molecule has 4 rings (SSSR count). The minimum Gasteiger partial charge on any atom is -0.321 e. The molecule has 1 N–H and O–H groups in total. The zero-order chi connectivity index (χ0) is 21.3. The minimum absolute atomic E-state index is 0.0776. The average Bonchev–Trinajstić information content (AvgIpc) is 2.74. The van der Waals surface area contributed by atoms with Crippen LogP contribution in [0.2, 0.25) is 10.0 Å². The van der Waals surface area contributed by atoms with Crippen LogP contribution in [0.3, 0.4) is 0 Å². The third-order valence-electron chi connectivity index (χ3n) is 4.51. The van der Waals surface area contributed by atoms with Crippen LogP contribution in [-0.4, -0.2) is 15.8 Å². The van der Waals surface area contributed by atoms with Gasteiger partial charge in [-0.15, -0.1) is 0 Å². The van der Waals surface area contributed by atoms with E-state index in [1.165, 1.54) is 18.2 Å². The third-order valence-corrected chi connectivity index (χ3v) is 5.08. The maximum absolute atomic E-state index is 13.1. The molecule has 148 valence electrons. The van der Waals surface area contributed by atoms with Gasteiger partial charge < -0.3 is 5.32 Å². The van der Waals surface area contributed by atoms with Crippen molar-refractivity contribution < 1.29 is 9.72 Å². The van der Waals surface area contributed by atoms with Crippen molar-refractivity contribution in [2.75, 3.05) is 5.32 Å². The Labute approximate surface area is 181 Å². The van der Waals surface area contributed by atoms with Crippen molar-refractivity contribution in [2.45, 2.75) is 0 Å². The molecule has 0 aliphatic carbocycles. The molecule has 0 saturated heterocycles. The van der Waals surface area contributed by atoms with Crippen LogP contribution in [0.1, 0.15) is 10.4 Å². The molecule has 6 nitrogen and oxygen atoms in total. The minimum atomic E-state index is -0.549. The van der Waals surface area contributed by atoms with E-state index in [-0.39, 0.29) is 16.4 Å². The van der Waals surface area contributed by atoms with Gasteiger partial charge in [0.25, 0.3) is 11.6 Å². The Morgan fingerprint density at radius 3 is 2.40 bits per heavy atom. The number of benzene rings is 3. The summed E-state index contributed by atoms with van der Waals surface area (Å²) in [5, 5.41) is 15.0. The first-order valence-electron chi connectivity index (χ1n) is 8.83. The van der Waals surface area contributed by atoms with Gasteiger partial charge in [-0.1, -0.05) is 53.5 Å². The number of carbonyl (C=O) groups excluding carboxylic acids is 1. The van der Waals surface area contributed by atoms with Crippen molar-refractivity contribution in [2.24, 2.45) is 0 Å². The number of non-ortho nitro benzene ring substituents is 1. The van der Waals surface area contributed by atoms with Gasteiger partial charge in [0.05, 0.1) is 32.4 Å². The number of para-hydroxylation sites is 1. The lowest BCUT2D eigenvalue weighted by atomic mass is 10.0. The smallest absolute Gasteiger partial charge is 0.271 e. The highest BCUT2D eigenvalue weighted by Gasteiger charge is 2.17. The van der Waals surface area contributed by atoms with Gasteiger partial charge in [0, 0.05) is 28.1 Å². The molecule has 1 heterocycles. The van der Waals surface area contributed by atoms with Crippen LogP contribution in [-0.2, 0) is 0 Å². The number of fused-ring (bicyclic) bond motifs is 1. The normalized spacial score (nSPS) is 10.7. The number of nitrogens with zero attached hydrogens (tertiary/aromatic N) is 2. The average molecular weight is 438 g/mol. The van der Waals surface area contributed by atoms with Gasteiger partial charge in [-0.05, 0) is 30.3 Å². The van der Waals surface area contributed by atoms with Crippen molar-refractivity contribution in [3.05, 3.63) is 98.5 Å². The predicted molar refractivity (Wildman–Crippen MR) is 118 cm³/mol. The summed E-state index contributed by atoms with van der Waals surface area (Å²) in [6, 6.07) is 20.0. The molecule has 8 heteroatoms. The maximum atomic E-state index is 13.1. The number of anilines is 1. The van der Waals surface area contributed by atoms with Crippen molar-refractivity contribution in [3.8, 4) is 11.3 Å². The molecule has 0 spiro atoms. The molecule has 0 atom stereocenters. The zero-order valence-corrected chi connectivity index (χ0v) is 16.8. The molecule has 0 saturated carbocycles. The lowest BCUT2D eigenvalue weighted by Crippen LogP contribution is -2.13. The molecular weight excluding hydrogens is 425 g/mol. The lowest BCUT2D eigenvalue weighted by Gasteiger charge is -2.11. The number of hydrogen-bond donors (Lipinski definition) is 1. The van der Waals surface area contributed by atoms with Gasteiger partial charge in [-0.2, -0.15) is 0 Å². The quantitative estimate of drug-likeness (QED) is 0.296. The van der Waals surface area contributed by atoms with E-state index < -0.39 is 10.8 Å². The van der Waals surface area contributed by atoms with Crippen molar-refractivity contribution in [3.63, 3.8) is 0 Å². The van der Waals surface area contributed by atoms with Gasteiger partial charge in [0.15, 0.2) is 0 Å². The summed E-state index contributed by atoms with van der Waals surface area (Å²) in [7, 11) is 0. The second-order valence-corrected chi connectivity index (χ2v) is 7.30. The van der Waals surface area contributed by atoms with E-state index >= 15 is 0 Å². The number of aromatic nitrogens is 1. The standard InChI is InChI=1S/C22H13Cl2N3O3/c23-14-7-5-13(6-8-14)21-12-17(16-3-1-2-4-19(16)25-21)22(28)26-20-10-9-15(27(29)30)11-18(20)24/h1-12H,(H,26,28). The molecule has 0 aliphatic heterocycles. The van der Waals surface area contributed by atoms with Gasteiger partial charge >= 0.3 is 0 Å². The second kappa shape index (κ2) is 8.10. The summed E-state index contributed by atoms with van der Waals surface area (Å²) in [5.41, 5.74) is 2.61. The van der Waals surface area contributed by atoms with E-state index in [1.807, 2.05) is 30.3 Å². The highest BCUT2D eigenvalue weighted by Crippen LogP contribution is 2.29. The van der Waals surface area contributed by atoms with E-state index in [2.05, 4.69) is 10.3 Å². The van der Waals surface area contributed by atoms with E-state index in [0.29, 0.717) is 27.2 Å². The Kier molecular flexibility index (Phi) is 5.35. The third kappa shape index (κ3) is 3.96. The molecule has 4 aromatic rings. The van der Waals surface area contributed by atoms with Gasteiger partial charge in [-0.25, -0.2) is 4.98 Å². The van der Waals surface area contributed by atoms with Crippen LogP contribution < -0.4 is 5.32 Å². The highest BCUT2D eigenvalue weighted by atomic mass is 35.5. The summed E-state index contributed by atoms with van der Waals surface area (Å²) in [4.78, 5) is 28.1. The van der Waals surface area contributed by atoms with Gasteiger partial charge in [0.2, 0.25) is 0 Å². The fourth-order valence-electron chi connectivity index (χ4n) is 3.04. The Hall–Kier alpha value is -3.48.